The maximum Gasteiger partial charge on any atom is 0.126 e. The van der Waals surface area contributed by atoms with E-state index in [9.17, 15) is 8.78 Å². The molecule has 0 aliphatic rings. The van der Waals surface area contributed by atoms with Gasteiger partial charge in [0, 0.05) is 18.0 Å². The van der Waals surface area contributed by atoms with Crippen molar-refractivity contribution in [1.82, 2.24) is 4.98 Å². The lowest BCUT2D eigenvalue weighted by molar-refractivity contribution is 0.577. The van der Waals surface area contributed by atoms with Crippen molar-refractivity contribution in [1.29, 1.82) is 0 Å². The minimum atomic E-state index is -0.628. The molecule has 0 saturated carbocycles. The highest BCUT2D eigenvalue weighted by Crippen LogP contribution is 2.22. The van der Waals surface area contributed by atoms with Gasteiger partial charge >= 0.3 is 0 Å². The minimum Gasteiger partial charge on any atom is -0.320 e. The zero-order valence-corrected chi connectivity index (χ0v) is 9.32. The molecule has 1 unspecified atom stereocenters. The second-order valence-electron chi connectivity index (χ2n) is 3.86. The summed E-state index contributed by atoms with van der Waals surface area (Å²) >= 11 is 0. The van der Waals surface area contributed by atoms with Gasteiger partial charge in [-0.1, -0.05) is 6.07 Å². The zero-order chi connectivity index (χ0) is 12.4. The molecule has 0 aliphatic heterocycles. The van der Waals surface area contributed by atoms with E-state index in [2.05, 4.69) is 4.98 Å². The SMILES string of the molecule is Cc1ncccc1C(N)c1cc(F)cc(F)c1. The van der Waals surface area contributed by atoms with Crippen molar-refractivity contribution < 1.29 is 8.78 Å². The van der Waals surface area contributed by atoms with E-state index in [1.54, 1.807) is 18.3 Å². The number of pyridine rings is 1. The maximum atomic E-state index is 13.1. The molecule has 4 heteroatoms. The van der Waals surface area contributed by atoms with Crippen molar-refractivity contribution in [3.05, 3.63) is 65.0 Å². The third-order valence-corrected chi connectivity index (χ3v) is 2.63. The Balaban J connectivity index is 2.43. The second-order valence-corrected chi connectivity index (χ2v) is 3.86. The van der Waals surface area contributed by atoms with E-state index in [4.69, 9.17) is 5.73 Å². The van der Waals surface area contributed by atoms with Crippen LogP contribution in [0.15, 0.2) is 36.5 Å². The first-order valence-corrected chi connectivity index (χ1v) is 5.21. The smallest absolute Gasteiger partial charge is 0.126 e. The van der Waals surface area contributed by atoms with Crippen molar-refractivity contribution >= 4 is 0 Å². The average Bonchev–Trinajstić information content (AvgIpc) is 2.27. The molecule has 1 aromatic heterocycles. The number of aromatic nitrogens is 1. The van der Waals surface area contributed by atoms with Gasteiger partial charge < -0.3 is 5.73 Å². The number of nitrogens with zero attached hydrogens (tertiary/aromatic N) is 1. The molecule has 0 aliphatic carbocycles. The van der Waals surface area contributed by atoms with E-state index < -0.39 is 17.7 Å². The van der Waals surface area contributed by atoms with Gasteiger partial charge in [-0.15, -0.1) is 0 Å². The van der Waals surface area contributed by atoms with Crippen molar-refractivity contribution in [2.45, 2.75) is 13.0 Å². The monoisotopic (exact) mass is 234 g/mol. The average molecular weight is 234 g/mol. The number of benzene rings is 1. The van der Waals surface area contributed by atoms with E-state index >= 15 is 0 Å². The van der Waals surface area contributed by atoms with Crippen LogP contribution in [0, 0.1) is 18.6 Å². The molecule has 0 fully saturated rings. The van der Waals surface area contributed by atoms with Gasteiger partial charge in [0.2, 0.25) is 0 Å². The number of aryl methyl sites for hydroxylation is 1. The standard InChI is InChI=1S/C13H12F2N2/c1-8-12(3-2-4-17-8)13(16)9-5-10(14)7-11(15)6-9/h2-7,13H,16H2,1H3. The van der Waals surface area contributed by atoms with Crippen LogP contribution < -0.4 is 5.73 Å². The van der Waals surface area contributed by atoms with Gasteiger partial charge in [-0.25, -0.2) is 8.78 Å². The van der Waals surface area contributed by atoms with Crippen LogP contribution in [0.25, 0.3) is 0 Å². The van der Waals surface area contributed by atoms with E-state index in [0.717, 1.165) is 17.3 Å². The van der Waals surface area contributed by atoms with Crippen molar-refractivity contribution in [3.63, 3.8) is 0 Å². The molecule has 2 nitrogen and oxygen atoms in total. The maximum absolute atomic E-state index is 13.1. The summed E-state index contributed by atoms with van der Waals surface area (Å²) in [6.07, 6.45) is 1.65. The third kappa shape index (κ3) is 2.47. The molecule has 2 aromatic rings. The lowest BCUT2D eigenvalue weighted by atomic mass is 9.98. The summed E-state index contributed by atoms with van der Waals surface area (Å²) in [5, 5.41) is 0. The number of halogens is 2. The van der Waals surface area contributed by atoms with Crippen LogP contribution in [0.2, 0.25) is 0 Å². The van der Waals surface area contributed by atoms with Gasteiger partial charge in [0.05, 0.1) is 6.04 Å². The molecule has 1 aromatic carbocycles. The van der Waals surface area contributed by atoms with Gasteiger partial charge in [0.1, 0.15) is 11.6 Å². The molecular formula is C13H12F2N2. The number of nitrogens with two attached hydrogens (primary N) is 1. The summed E-state index contributed by atoms with van der Waals surface area (Å²) < 4.78 is 26.2. The van der Waals surface area contributed by atoms with Crippen LogP contribution in [0.5, 0.6) is 0 Å². The Morgan fingerprint density at radius 1 is 1.18 bits per heavy atom. The van der Waals surface area contributed by atoms with Crippen molar-refractivity contribution in [2.24, 2.45) is 5.73 Å². The van der Waals surface area contributed by atoms with Gasteiger partial charge in [-0.2, -0.15) is 0 Å². The van der Waals surface area contributed by atoms with Crippen LogP contribution in [-0.4, -0.2) is 4.98 Å². The molecule has 2 N–H and O–H groups in total. The number of hydrogen-bond donors (Lipinski definition) is 1. The second kappa shape index (κ2) is 4.59. The van der Waals surface area contributed by atoms with Crippen LogP contribution in [0.4, 0.5) is 8.78 Å². The van der Waals surface area contributed by atoms with E-state index in [0.29, 0.717) is 5.56 Å². The molecule has 1 atom stereocenters. The molecule has 0 bridgehead atoms. The van der Waals surface area contributed by atoms with E-state index in [-0.39, 0.29) is 0 Å². The predicted molar refractivity (Wildman–Crippen MR) is 61.4 cm³/mol. The van der Waals surface area contributed by atoms with Crippen LogP contribution in [0.3, 0.4) is 0 Å². The van der Waals surface area contributed by atoms with E-state index in [1.165, 1.54) is 12.1 Å². The molecule has 88 valence electrons. The zero-order valence-electron chi connectivity index (χ0n) is 9.32. The van der Waals surface area contributed by atoms with Crippen LogP contribution in [0.1, 0.15) is 22.9 Å². The quantitative estimate of drug-likeness (QED) is 0.867. The lowest BCUT2D eigenvalue weighted by Crippen LogP contribution is -2.14. The Morgan fingerprint density at radius 3 is 2.41 bits per heavy atom. The first-order chi connectivity index (χ1) is 8.08. The Labute approximate surface area is 98.1 Å². The van der Waals surface area contributed by atoms with Crippen molar-refractivity contribution in [2.75, 3.05) is 0 Å². The summed E-state index contributed by atoms with van der Waals surface area (Å²) in [5.41, 5.74) is 7.90. The molecule has 0 amide bonds. The predicted octanol–water partition coefficient (Wildman–Crippen LogP) is 2.72. The fourth-order valence-electron chi connectivity index (χ4n) is 1.76. The third-order valence-electron chi connectivity index (χ3n) is 2.63. The summed E-state index contributed by atoms with van der Waals surface area (Å²) in [6.45, 7) is 1.81. The van der Waals surface area contributed by atoms with Gasteiger partial charge in [0.25, 0.3) is 0 Å². The normalized spacial score (nSPS) is 12.5. The Morgan fingerprint density at radius 2 is 1.82 bits per heavy atom. The molecule has 1 heterocycles. The Hall–Kier alpha value is -1.81. The molecule has 17 heavy (non-hydrogen) atoms. The highest BCUT2D eigenvalue weighted by atomic mass is 19.1. The first-order valence-electron chi connectivity index (χ1n) is 5.21. The van der Waals surface area contributed by atoms with Gasteiger partial charge in [-0.05, 0) is 36.2 Å². The largest absolute Gasteiger partial charge is 0.320 e. The number of hydrogen-bond acceptors (Lipinski definition) is 2. The fourth-order valence-corrected chi connectivity index (χ4v) is 1.76. The Bertz CT molecular complexity index is 520. The van der Waals surface area contributed by atoms with Crippen molar-refractivity contribution in [3.8, 4) is 0 Å². The highest BCUT2D eigenvalue weighted by Gasteiger charge is 2.13. The van der Waals surface area contributed by atoms with Crippen LogP contribution >= 0.6 is 0 Å². The minimum absolute atomic E-state index is 0.401. The summed E-state index contributed by atoms with van der Waals surface area (Å²) in [7, 11) is 0. The number of rotatable bonds is 2. The summed E-state index contributed by atoms with van der Waals surface area (Å²) in [6, 6.07) is 6.27. The summed E-state index contributed by atoms with van der Waals surface area (Å²) in [4.78, 5) is 4.10. The molecule has 0 spiro atoms. The highest BCUT2D eigenvalue weighted by molar-refractivity contribution is 5.33. The first kappa shape index (κ1) is 11.7. The van der Waals surface area contributed by atoms with Gasteiger partial charge in [-0.3, -0.25) is 4.98 Å². The molecule has 0 saturated heterocycles. The lowest BCUT2D eigenvalue weighted by Gasteiger charge is -2.14. The Kier molecular flexibility index (Phi) is 3.15. The van der Waals surface area contributed by atoms with Gasteiger partial charge in [0.15, 0.2) is 0 Å². The molecule has 0 radical (unpaired) electrons. The topological polar surface area (TPSA) is 38.9 Å². The van der Waals surface area contributed by atoms with Crippen LogP contribution in [-0.2, 0) is 0 Å². The summed E-state index contributed by atoms with van der Waals surface area (Å²) in [5.74, 6) is -1.26. The van der Waals surface area contributed by atoms with E-state index in [1.807, 2.05) is 6.92 Å². The molecule has 2 rings (SSSR count). The molecular weight excluding hydrogens is 222 g/mol. The fraction of sp³-hybridized carbons (Fsp3) is 0.154.